The first-order chi connectivity index (χ1) is 9.79. The van der Waals surface area contributed by atoms with Gasteiger partial charge in [-0.25, -0.2) is 4.98 Å². The molecule has 104 valence electrons. The van der Waals surface area contributed by atoms with Crippen LogP contribution in [0.3, 0.4) is 0 Å². The van der Waals surface area contributed by atoms with Crippen molar-refractivity contribution in [2.24, 2.45) is 5.92 Å². The molecule has 0 spiro atoms. The lowest BCUT2D eigenvalue weighted by molar-refractivity contribution is -0.125. The molecule has 3 nitrogen and oxygen atoms in total. The molecule has 1 heterocycles. The second kappa shape index (κ2) is 5.75. The molecule has 1 N–H and O–H groups in total. The van der Waals surface area contributed by atoms with Gasteiger partial charge < -0.3 is 5.32 Å². The molecule has 3 rings (SSSR count). The molecule has 20 heavy (non-hydrogen) atoms. The average molecular weight is 286 g/mol. The van der Waals surface area contributed by atoms with Gasteiger partial charge in [-0.3, -0.25) is 4.79 Å². The Kier molecular flexibility index (Phi) is 3.83. The van der Waals surface area contributed by atoms with E-state index in [1.807, 2.05) is 25.1 Å². The lowest BCUT2D eigenvalue weighted by Crippen LogP contribution is -2.34. The maximum Gasteiger partial charge on any atom is 0.224 e. The maximum atomic E-state index is 12.2. The van der Waals surface area contributed by atoms with Gasteiger partial charge in [0.05, 0.1) is 21.1 Å². The molecule has 0 fully saturated rings. The van der Waals surface area contributed by atoms with E-state index >= 15 is 0 Å². The highest BCUT2D eigenvalue weighted by molar-refractivity contribution is 7.18. The van der Waals surface area contributed by atoms with Crippen LogP contribution in [0.25, 0.3) is 10.2 Å². The predicted octanol–water partition coefficient (Wildman–Crippen LogP) is 3.48. The number of thiazole rings is 1. The van der Waals surface area contributed by atoms with Crippen LogP contribution in [0, 0.1) is 5.92 Å². The summed E-state index contributed by atoms with van der Waals surface area (Å²) in [6, 6.07) is 8.17. The Balaban J connectivity index is 1.93. The Morgan fingerprint density at radius 1 is 1.35 bits per heavy atom. The lowest BCUT2D eigenvalue weighted by Gasteiger charge is -2.25. The summed E-state index contributed by atoms with van der Waals surface area (Å²) in [4.78, 5) is 17.0. The van der Waals surface area contributed by atoms with Gasteiger partial charge in [0.25, 0.3) is 0 Å². The van der Waals surface area contributed by atoms with Gasteiger partial charge in [0.2, 0.25) is 5.91 Å². The van der Waals surface area contributed by atoms with Crippen LogP contribution in [0.5, 0.6) is 0 Å². The number of allylic oxidation sites excluding steroid dienone is 2. The van der Waals surface area contributed by atoms with Crippen LogP contribution in [0.4, 0.5) is 0 Å². The zero-order chi connectivity index (χ0) is 13.9. The molecule has 1 aliphatic rings. The molecule has 2 aromatic rings. The monoisotopic (exact) mass is 286 g/mol. The highest BCUT2D eigenvalue weighted by Crippen LogP contribution is 2.38. The number of benzene rings is 1. The van der Waals surface area contributed by atoms with Gasteiger partial charge in [-0.2, -0.15) is 0 Å². The largest absolute Gasteiger partial charge is 0.356 e. The number of carbonyl (C=O) groups excluding carboxylic acids is 1. The van der Waals surface area contributed by atoms with Gasteiger partial charge in [-0.05, 0) is 31.9 Å². The molecule has 0 saturated heterocycles. The van der Waals surface area contributed by atoms with E-state index in [4.69, 9.17) is 4.98 Å². The Morgan fingerprint density at radius 3 is 2.95 bits per heavy atom. The van der Waals surface area contributed by atoms with E-state index in [0.29, 0.717) is 6.54 Å². The van der Waals surface area contributed by atoms with Gasteiger partial charge in [-0.15, -0.1) is 11.3 Å². The molecule has 0 aliphatic heterocycles. The molecular formula is C16H18N2OS. The van der Waals surface area contributed by atoms with Crippen LogP contribution in [-0.2, 0) is 4.79 Å². The smallest absolute Gasteiger partial charge is 0.224 e. The molecule has 1 aliphatic carbocycles. The number of aromatic nitrogens is 1. The van der Waals surface area contributed by atoms with Crippen LogP contribution < -0.4 is 5.32 Å². The fourth-order valence-corrected chi connectivity index (χ4v) is 3.88. The quantitative estimate of drug-likeness (QED) is 0.878. The normalized spacial score (nSPS) is 22.1. The summed E-state index contributed by atoms with van der Waals surface area (Å²) in [7, 11) is 0. The molecule has 1 aromatic carbocycles. The zero-order valence-electron chi connectivity index (χ0n) is 11.5. The Hall–Kier alpha value is -1.68. The van der Waals surface area contributed by atoms with Crippen LogP contribution in [-0.4, -0.2) is 17.4 Å². The Morgan fingerprint density at radius 2 is 2.15 bits per heavy atom. The number of carbonyl (C=O) groups is 1. The average Bonchev–Trinajstić information content (AvgIpc) is 2.91. The number of para-hydroxylation sites is 1. The van der Waals surface area contributed by atoms with E-state index in [0.717, 1.165) is 23.4 Å². The first-order valence-corrected chi connectivity index (χ1v) is 7.89. The van der Waals surface area contributed by atoms with Crippen molar-refractivity contribution in [1.29, 1.82) is 0 Å². The van der Waals surface area contributed by atoms with Crippen LogP contribution in [0.15, 0.2) is 36.4 Å². The standard InChI is InChI=1S/C16H18N2OS/c1-2-17-15(19)11-7-3-4-8-12(11)16-18-13-9-5-6-10-14(13)20-16/h3-6,9-12H,2,7-8H2,1H3,(H,17,19)/t11-,12+/m1/s1. The van der Waals surface area contributed by atoms with Crippen LogP contribution in [0.1, 0.15) is 30.7 Å². The van der Waals surface area contributed by atoms with Crippen molar-refractivity contribution in [3.05, 3.63) is 41.4 Å². The molecule has 1 aromatic heterocycles. The SMILES string of the molecule is CCNC(=O)[C@@H]1CC=CC[C@@H]1c1nc2ccccc2s1. The second-order valence-electron chi connectivity index (χ2n) is 5.07. The summed E-state index contributed by atoms with van der Waals surface area (Å²) < 4.78 is 1.20. The van der Waals surface area contributed by atoms with Gasteiger partial charge in [0, 0.05) is 12.5 Å². The molecular weight excluding hydrogens is 268 g/mol. The minimum atomic E-state index is 0.0144. The first kappa shape index (κ1) is 13.3. The van der Waals surface area contributed by atoms with Crippen LogP contribution in [0.2, 0.25) is 0 Å². The predicted molar refractivity (Wildman–Crippen MR) is 82.9 cm³/mol. The Bertz CT molecular complexity index is 614. The Labute approximate surface area is 122 Å². The first-order valence-electron chi connectivity index (χ1n) is 7.07. The summed E-state index contributed by atoms with van der Waals surface area (Å²) in [5.41, 5.74) is 1.04. The highest BCUT2D eigenvalue weighted by Gasteiger charge is 2.31. The molecule has 0 saturated carbocycles. The third-order valence-electron chi connectivity index (χ3n) is 3.75. The zero-order valence-corrected chi connectivity index (χ0v) is 12.3. The third kappa shape index (κ3) is 2.48. The number of rotatable bonds is 3. The van der Waals surface area contributed by atoms with Crippen molar-refractivity contribution in [2.75, 3.05) is 6.54 Å². The number of amides is 1. The summed E-state index contributed by atoms with van der Waals surface area (Å²) in [6.07, 6.45) is 6.00. The maximum absolute atomic E-state index is 12.2. The summed E-state index contributed by atoms with van der Waals surface area (Å²) >= 11 is 1.72. The van der Waals surface area contributed by atoms with Crippen molar-refractivity contribution >= 4 is 27.5 Å². The molecule has 1 amide bonds. The van der Waals surface area contributed by atoms with Gasteiger partial charge in [0.1, 0.15) is 0 Å². The van der Waals surface area contributed by atoms with Crippen molar-refractivity contribution in [3.8, 4) is 0 Å². The van der Waals surface area contributed by atoms with E-state index in [1.165, 1.54) is 4.70 Å². The highest BCUT2D eigenvalue weighted by atomic mass is 32.1. The van der Waals surface area contributed by atoms with E-state index in [9.17, 15) is 4.79 Å². The lowest BCUT2D eigenvalue weighted by atomic mass is 9.82. The van der Waals surface area contributed by atoms with E-state index < -0.39 is 0 Å². The summed E-state index contributed by atoms with van der Waals surface area (Å²) in [5.74, 6) is 0.380. The number of fused-ring (bicyclic) bond motifs is 1. The fraction of sp³-hybridized carbons (Fsp3) is 0.375. The van der Waals surface area contributed by atoms with E-state index in [-0.39, 0.29) is 17.7 Å². The minimum absolute atomic E-state index is 0.0144. The van der Waals surface area contributed by atoms with E-state index in [2.05, 4.69) is 23.5 Å². The van der Waals surface area contributed by atoms with Crippen molar-refractivity contribution in [2.45, 2.75) is 25.7 Å². The number of hydrogen-bond acceptors (Lipinski definition) is 3. The number of nitrogens with one attached hydrogen (secondary N) is 1. The third-order valence-corrected chi connectivity index (χ3v) is 4.92. The number of nitrogens with zero attached hydrogens (tertiary/aromatic N) is 1. The summed E-state index contributed by atoms with van der Waals surface area (Å²) in [5, 5.41) is 4.04. The minimum Gasteiger partial charge on any atom is -0.356 e. The van der Waals surface area contributed by atoms with E-state index in [1.54, 1.807) is 11.3 Å². The topological polar surface area (TPSA) is 42.0 Å². The van der Waals surface area contributed by atoms with Gasteiger partial charge in [-0.1, -0.05) is 24.3 Å². The van der Waals surface area contributed by atoms with Gasteiger partial charge >= 0.3 is 0 Å². The molecule has 0 bridgehead atoms. The molecule has 4 heteroatoms. The second-order valence-corrected chi connectivity index (χ2v) is 6.13. The van der Waals surface area contributed by atoms with Crippen LogP contribution >= 0.6 is 11.3 Å². The van der Waals surface area contributed by atoms with Crippen molar-refractivity contribution in [1.82, 2.24) is 10.3 Å². The number of hydrogen-bond donors (Lipinski definition) is 1. The fourth-order valence-electron chi connectivity index (χ4n) is 2.73. The molecule has 2 atom stereocenters. The molecule has 0 radical (unpaired) electrons. The molecule has 0 unspecified atom stereocenters. The van der Waals surface area contributed by atoms with Crippen molar-refractivity contribution in [3.63, 3.8) is 0 Å². The summed E-state index contributed by atoms with van der Waals surface area (Å²) in [6.45, 7) is 2.65. The van der Waals surface area contributed by atoms with Crippen molar-refractivity contribution < 1.29 is 4.79 Å². The van der Waals surface area contributed by atoms with Gasteiger partial charge in [0.15, 0.2) is 0 Å².